The summed E-state index contributed by atoms with van der Waals surface area (Å²) in [7, 11) is 0. The van der Waals surface area contributed by atoms with Crippen molar-refractivity contribution in [3.63, 3.8) is 0 Å². The van der Waals surface area contributed by atoms with Gasteiger partial charge in [0.25, 0.3) is 5.56 Å². The molecule has 6 heteroatoms. The number of carboxylic acids is 1. The van der Waals surface area contributed by atoms with Crippen LogP contribution in [0.5, 0.6) is 0 Å². The van der Waals surface area contributed by atoms with Gasteiger partial charge < -0.3 is 14.1 Å². The van der Waals surface area contributed by atoms with E-state index in [0.29, 0.717) is 17.0 Å². The van der Waals surface area contributed by atoms with Gasteiger partial charge in [0.2, 0.25) is 0 Å². The van der Waals surface area contributed by atoms with E-state index in [1.54, 1.807) is 31.2 Å². The summed E-state index contributed by atoms with van der Waals surface area (Å²) in [6, 6.07) is 10.9. The number of rotatable bonds is 3. The van der Waals surface area contributed by atoms with E-state index in [1.165, 1.54) is 0 Å². The molecule has 6 nitrogen and oxygen atoms in total. The predicted molar refractivity (Wildman–Crippen MR) is 106 cm³/mol. The first-order chi connectivity index (χ1) is 13.5. The van der Waals surface area contributed by atoms with Crippen LogP contribution < -0.4 is 5.56 Å². The van der Waals surface area contributed by atoms with Crippen LogP contribution in [0.2, 0.25) is 0 Å². The number of hydrogen-bond acceptors (Lipinski definition) is 4. The summed E-state index contributed by atoms with van der Waals surface area (Å²) in [6.07, 6.45) is 1.96. The molecule has 28 heavy (non-hydrogen) atoms. The Bertz CT molecular complexity index is 1330. The highest BCUT2D eigenvalue weighted by Gasteiger charge is 2.30. The van der Waals surface area contributed by atoms with Gasteiger partial charge in [0.05, 0.1) is 11.1 Å². The van der Waals surface area contributed by atoms with Crippen molar-refractivity contribution in [1.29, 1.82) is 0 Å². The molecule has 0 atom stereocenters. The average Bonchev–Trinajstić information content (AvgIpc) is 3.43. The van der Waals surface area contributed by atoms with Crippen LogP contribution in [0.15, 0.2) is 45.6 Å². The quantitative estimate of drug-likeness (QED) is 0.572. The highest BCUT2D eigenvalue weighted by atomic mass is 16.4. The second-order valence-corrected chi connectivity index (χ2v) is 7.33. The second-order valence-electron chi connectivity index (χ2n) is 7.33. The van der Waals surface area contributed by atoms with Crippen LogP contribution in [-0.2, 0) is 0 Å². The van der Waals surface area contributed by atoms with Crippen molar-refractivity contribution in [3.05, 3.63) is 63.8 Å². The molecular formula is C22H18N2O4. The van der Waals surface area contributed by atoms with Gasteiger partial charge in [-0.1, -0.05) is 18.2 Å². The molecule has 0 saturated heterocycles. The molecule has 140 valence electrons. The Morgan fingerprint density at radius 3 is 2.50 bits per heavy atom. The maximum absolute atomic E-state index is 13.1. The van der Waals surface area contributed by atoms with Crippen molar-refractivity contribution in [3.8, 4) is 11.1 Å². The van der Waals surface area contributed by atoms with Crippen LogP contribution in [0.1, 0.15) is 40.7 Å². The van der Waals surface area contributed by atoms with Crippen LogP contribution in [0, 0.1) is 13.8 Å². The lowest BCUT2D eigenvalue weighted by Gasteiger charge is -2.15. The third kappa shape index (κ3) is 2.37. The summed E-state index contributed by atoms with van der Waals surface area (Å²) in [5, 5.41) is 10.0. The van der Waals surface area contributed by atoms with E-state index in [1.807, 2.05) is 23.6 Å². The Hall–Kier alpha value is -3.41. The van der Waals surface area contributed by atoms with E-state index in [9.17, 15) is 9.59 Å². The molecule has 0 radical (unpaired) electrons. The number of aromatic nitrogens is 2. The Morgan fingerprint density at radius 1 is 1.14 bits per heavy atom. The van der Waals surface area contributed by atoms with Gasteiger partial charge in [-0.25, -0.2) is 9.78 Å². The van der Waals surface area contributed by atoms with Gasteiger partial charge in [-0.15, -0.1) is 0 Å². The third-order valence-electron chi connectivity index (χ3n) is 5.43. The van der Waals surface area contributed by atoms with Gasteiger partial charge in [-0.3, -0.25) is 4.79 Å². The molecule has 1 fully saturated rings. The monoisotopic (exact) mass is 374 g/mol. The smallest absolute Gasteiger partial charge is 0.335 e. The summed E-state index contributed by atoms with van der Waals surface area (Å²) in [5.74, 6) is -0.472. The van der Waals surface area contributed by atoms with E-state index < -0.39 is 5.97 Å². The molecule has 0 spiro atoms. The molecule has 4 aromatic rings. The molecule has 0 aliphatic heterocycles. The Labute approximate surface area is 160 Å². The third-order valence-corrected chi connectivity index (χ3v) is 5.43. The lowest BCUT2D eigenvalue weighted by atomic mass is 9.96. The first-order valence-corrected chi connectivity index (χ1v) is 9.24. The molecule has 1 aliphatic carbocycles. The lowest BCUT2D eigenvalue weighted by Crippen LogP contribution is -2.20. The normalized spacial score (nSPS) is 14.1. The fraction of sp³-hybridized carbons (Fsp3) is 0.227. The lowest BCUT2D eigenvalue weighted by molar-refractivity contribution is 0.0697. The van der Waals surface area contributed by atoms with Crippen molar-refractivity contribution >= 4 is 28.0 Å². The summed E-state index contributed by atoms with van der Waals surface area (Å²) in [6.45, 7) is 3.74. The molecule has 0 bridgehead atoms. The number of nitrogens with zero attached hydrogens (tertiary/aromatic N) is 2. The van der Waals surface area contributed by atoms with E-state index in [0.717, 1.165) is 40.4 Å². The number of fused-ring (bicyclic) bond motifs is 3. The van der Waals surface area contributed by atoms with E-state index in [2.05, 4.69) is 4.98 Å². The van der Waals surface area contributed by atoms with Gasteiger partial charge >= 0.3 is 5.97 Å². The number of oxazole rings is 1. The van der Waals surface area contributed by atoms with Crippen LogP contribution >= 0.6 is 0 Å². The Balaban J connectivity index is 1.83. The van der Waals surface area contributed by atoms with Crippen LogP contribution in [-0.4, -0.2) is 20.6 Å². The molecule has 1 saturated carbocycles. The number of aryl methyl sites for hydroxylation is 2. The van der Waals surface area contributed by atoms with Gasteiger partial charge in [0, 0.05) is 18.4 Å². The minimum absolute atomic E-state index is 0.108. The van der Waals surface area contributed by atoms with Crippen molar-refractivity contribution in [2.45, 2.75) is 32.7 Å². The number of aromatic carboxylic acids is 1. The van der Waals surface area contributed by atoms with Crippen molar-refractivity contribution in [2.24, 2.45) is 0 Å². The zero-order valence-electron chi connectivity index (χ0n) is 15.5. The zero-order valence-corrected chi connectivity index (χ0v) is 15.5. The average molecular weight is 374 g/mol. The number of hydrogen-bond donors (Lipinski definition) is 1. The number of carbonyl (C=O) groups is 1. The molecule has 2 aromatic heterocycles. The van der Waals surface area contributed by atoms with Gasteiger partial charge in [0.15, 0.2) is 17.0 Å². The molecular weight excluding hydrogens is 356 g/mol. The van der Waals surface area contributed by atoms with Gasteiger partial charge in [-0.2, -0.15) is 0 Å². The summed E-state index contributed by atoms with van der Waals surface area (Å²) < 4.78 is 7.64. The van der Waals surface area contributed by atoms with Crippen LogP contribution in [0.3, 0.4) is 0 Å². The van der Waals surface area contributed by atoms with Crippen LogP contribution in [0.25, 0.3) is 33.1 Å². The minimum Gasteiger partial charge on any atom is -0.478 e. The summed E-state index contributed by atoms with van der Waals surface area (Å²) >= 11 is 0. The highest BCUT2D eigenvalue weighted by molar-refractivity contribution is 6.04. The maximum atomic E-state index is 13.1. The molecule has 0 unspecified atom stereocenters. The maximum Gasteiger partial charge on any atom is 0.335 e. The second kappa shape index (κ2) is 5.79. The summed E-state index contributed by atoms with van der Waals surface area (Å²) in [5.41, 5.74) is 4.78. The number of pyridine rings is 1. The molecule has 0 amide bonds. The van der Waals surface area contributed by atoms with Crippen molar-refractivity contribution < 1.29 is 14.3 Å². The largest absolute Gasteiger partial charge is 0.478 e. The summed E-state index contributed by atoms with van der Waals surface area (Å²) in [4.78, 5) is 28.6. The number of carboxylic acid groups (broad SMARTS) is 1. The number of benzene rings is 2. The Kier molecular flexibility index (Phi) is 3.46. The van der Waals surface area contributed by atoms with Crippen molar-refractivity contribution in [2.75, 3.05) is 0 Å². The van der Waals surface area contributed by atoms with Gasteiger partial charge in [0.1, 0.15) is 0 Å². The fourth-order valence-corrected chi connectivity index (χ4v) is 3.95. The SMILES string of the molecule is Cc1nc2c(=O)n(C3CC3)c3c(C)c(-c4ccc(C(=O)O)cc4)ccc3c2o1. The molecule has 1 N–H and O–H groups in total. The van der Waals surface area contributed by atoms with E-state index in [-0.39, 0.29) is 17.2 Å². The predicted octanol–water partition coefficient (Wildman–Crippen LogP) is 4.46. The van der Waals surface area contributed by atoms with Gasteiger partial charge in [-0.05, 0) is 54.7 Å². The highest BCUT2D eigenvalue weighted by Crippen LogP contribution is 2.40. The van der Waals surface area contributed by atoms with E-state index in [4.69, 9.17) is 9.52 Å². The van der Waals surface area contributed by atoms with E-state index >= 15 is 0 Å². The topological polar surface area (TPSA) is 85.3 Å². The Morgan fingerprint density at radius 2 is 1.86 bits per heavy atom. The molecule has 2 aromatic carbocycles. The van der Waals surface area contributed by atoms with Crippen molar-refractivity contribution in [1.82, 2.24) is 9.55 Å². The molecule has 1 aliphatic rings. The first-order valence-electron chi connectivity index (χ1n) is 9.24. The zero-order chi connectivity index (χ0) is 19.6. The molecule has 5 rings (SSSR count). The fourth-order valence-electron chi connectivity index (χ4n) is 3.95. The molecule has 2 heterocycles. The standard InChI is InChI=1S/C22H18N2O4/c1-11-16(13-3-5-14(6-4-13)22(26)27)9-10-17-19(11)24(15-7-8-15)21(25)18-20(17)28-12(2)23-18/h3-6,9-10,15H,7-8H2,1-2H3,(H,26,27). The minimum atomic E-state index is -0.951. The first kappa shape index (κ1) is 16.7. The van der Waals surface area contributed by atoms with Crippen LogP contribution in [0.4, 0.5) is 0 Å².